The lowest BCUT2D eigenvalue weighted by Gasteiger charge is -2.29. The van der Waals surface area contributed by atoms with Gasteiger partial charge in [0.25, 0.3) is 0 Å². The molecular weight excluding hydrogens is 349 g/mol. The number of rotatable bonds is 7. The van der Waals surface area contributed by atoms with Crippen molar-refractivity contribution in [1.82, 2.24) is 9.47 Å². The Morgan fingerprint density at radius 3 is 2.56 bits per heavy atom. The molecule has 0 spiro atoms. The molecule has 1 aromatic heterocycles. The minimum absolute atomic E-state index is 0.466. The van der Waals surface area contributed by atoms with E-state index in [0.29, 0.717) is 12.1 Å². The first-order chi connectivity index (χ1) is 13.0. The first-order valence-electron chi connectivity index (χ1n) is 9.98. The van der Waals surface area contributed by atoms with E-state index in [-0.39, 0.29) is 0 Å². The maximum atomic E-state index is 13.0. The molecule has 1 saturated carbocycles. The molecule has 27 heavy (non-hydrogen) atoms. The Bertz CT molecular complexity index is 714. The predicted octanol–water partition coefficient (Wildman–Crippen LogP) is 5.96. The van der Waals surface area contributed by atoms with Gasteiger partial charge in [0.1, 0.15) is 0 Å². The Labute approximate surface area is 160 Å². The molecule has 3 rings (SSSR count). The van der Waals surface area contributed by atoms with Crippen LogP contribution in [0.5, 0.6) is 0 Å². The zero-order chi connectivity index (χ0) is 19.3. The molecule has 0 saturated heterocycles. The maximum absolute atomic E-state index is 13.0. The highest BCUT2D eigenvalue weighted by Gasteiger charge is 2.30. The second-order valence-corrected chi connectivity index (χ2v) is 7.66. The molecule has 0 N–H and O–H groups in total. The summed E-state index contributed by atoms with van der Waals surface area (Å²) in [6.45, 7) is 5.60. The van der Waals surface area contributed by atoms with Crippen LogP contribution in [0.2, 0.25) is 0 Å². The molecule has 0 bridgehead atoms. The van der Waals surface area contributed by atoms with E-state index >= 15 is 0 Å². The van der Waals surface area contributed by atoms with E-state index in [0.717, 1.165) is 37.3 Å². The molecule has 2 aromatic rings. The fourth-order valence-electron chi connectivity index (χ4n) is 4.06. The van der Waals surface area contributed by atoms with Crippen molar-refractivity contribution >= 4 is 0 Å². The van der Waals surface area contributed by atoms with E-state index in [1.807, 2.05) is 12.3 Å². The van der Waals surface area contributed by atoms with Crippen molar-refractivity contribution in [3.05, 3.63) is 59.4 Å². The number of benzene rings is 1. The molecule has 1 heterocycles. The predicted molar refractivity (Wildman–Crippen MR) is 103 cm³/mol. The summed E-state index contributed by atoms with van der Waals surface area (Å²) in [4.78, 5) is 2.47. The number of hydrogen-bond donors (Lipinski definition) is 0. The molecule has 1 aliphatic rings. The van der Waals surface area contributed by atoms with Crippen LogP contribution in [0.15, 0.2) is 42.6 Å². The molecule has 0 unspecified atom stereocenters. The van der Waals surface area contributed by atoms with Crippen LogP contribution < -0.4 is 0 Å². The Hall–Kier alpha value is -1.75. The van der Waals surface area contributed by atoms with Crippen molar-refractivity contribution in [2.45, 2.75) is 58.3 Å². The van der Waals surface area contributed by atoms with Crippen LogP contribution in [-0.4, -0.2) is 22.6 Å². The monoisotopic (exact) mass is 378 g/mol. The van der Waals surface area contributed by atoms with E-state index in [2.05, 4.69) is 22.5 Å². The van der Waals surface area contributed by atoms with Crippen LogP contribution in [0, 0.1) is 5.92 Å². The molecule has 1 aliphatic carbocycles. The van der Waals surface area contributed by atoms with Gasteiger partial charge in [-0.3, -0.25) is 4.90 Å². The van der Waals surface area contributed by atoms with Gasteiger partial charge in [-0.25, -0.2) is 0 Å². The lowest BCUT2D eigenvalue weighted by Crippen LogP contribution is -2.31. The first-order valence-corrected chi connectivity index (χ1v) is 9.98. The van der Waals surface area contributed by atoms with Crippen molar-refractivity contribution < 1.29 is 13.2 Å². The van der Waals surface area contributed by atoms with Crippen LogP contribution in [0.4, 0.5) is 13.2 Å². The third-order valence-electron chi connectivity index (χ3n) is 5.60. The van der Waals surface area contributed by atoms with Crippen LogP contribution in [-0.2, 0) is 19.3 Å². The third-order valence-corrected chi connectivity index (χ3v) is 5.60. The van der Waals surface area contributed by atoms with Gasteiger partial charge in [0.05, 0.1) is 5.56 Å². The first kappa shape index (κ1) is 20.0. The summed E-state index contributed by atoms with van der Waals surface area (Å²) >= 11 is 0. The van der Waals surface area contributed by atoms with E-state index in [1.54, 1.807) is 6.07 Å². The number of aromatic nitrogens is 1. The standard InChI is InChI=1S/C22H29F3N2/c1-2-26(15-18-8-4-3-5-9-18)17-21-12-7-13-27(21)16-19-10-6-11-20(14-19)22(23,24)25/h6-7,10-14,18H,2-5,8-9,15-17H2,1H3. The lowest BCUT2D eigenvalue weighted by atomic mass is 9.89. The van der Waals surface area contributed by atoms with Gasteiger partial charge < -0.3 is 4.57 Å². The summed E-state index contributed by atoms with van der Waals surface area (Å²) in [6, 6.07) is 9.70. The average Bonchev–Trinajstić information content (AvgIpc) is 3.08. The summed E-state index contributed by atoms with van der Waals surface area (Å²) in [7, 11) is 0. The highest BCUT2D eigenvalue weighted by atomic mass is 19.4. The molecule has 0 amide bonds. The molecule has 2 nitrogen and oxygen atoms in total. The van der Waals surface area contributed by atoms with Crippen LogP contribution in [0.1, 0.15) is 55.8 Å². The molecule has 1 aromatic carbocycles. The Balaban J connectivity index is 1.66. The second-order valence-electron chi connectivity index (χ2n) is 7.66. The fourth-order valence-corrected chi connectivity index (χ4v) is 4.06. The summed E-state index contributed by atoms with van der Waals surface area (Å²) in [6.07, 6.45) is 4.35. The van der Waals surface area contributed by atoms with Gasteiger partial charge in [0.15, 0.2) is 0 Å². The second kappa shape index (κ2) is 8.96. The van der Waals surface area contributed by atoms with Gasteiger partial charge in [-0.1, -0.05) is 38.3 Å². The Morgan fingerprint density at radius 2 is 1.85 bits per heavy atom. The van der Waals surface area contributed by atoms with Gasteiger partial charge in [-0.15, -0.1) is 0 Å². The van der Waals surface area contributed by atoms with Crippen LogP contribution in [0.3, 0.4) is 0 Å². The fraction of sp³-hybridized carbons (Fsp3) is 0.545. The quantitative estimate of drug-likeness (QED) is 0.577. The minimum Gasteiger partial charge on any atom is -0.346 e. The van der Waals surface area contributed by atoms with E-state index < -0.39 is 11.7 Å². The highest BCUT2D eigenvalue weighted by Crippen LogP contribution is 2.30. The van der Waals surface area contributed by atoms with Gasteiger partial charge in [0.2, 0.25) is 0 Å². The minimum atomic E-state index is -4.30. The van der Waals surface area contributed by atoms with Gasteiger partial charge >= 0.3 is 6.18 Å². The summed E-state index contributed by atoms with van der Waals surface area (Å²) < 4.78 is 40.9. The van der Waals surface area contributed by atoms with Gasteiger partial charge in [0, 0.05) is 31.5 Å². The zero-order valence-electron chi connectivity index (χ0n) is 16.0. The lowest BCUT2D eigenvalue weighted by molar-refractivity contribution is -0.137. The smallest absolute Gasteiger partial charge is 0.346 e. The summed E-state index contributed by atoms with van der Waals surface area (Å²) in [5, 5.41) is 0. The molecule has 0 aliphatic heterocycles. The average molecular weight is 378 g/mol. The van der Waals surface area contributed by atoms with Crippen molar-refractivity contribution in [3.63, 3.8) is 0 Å². The van der Waals surface area contributed by atoms with E-state index in [4.69, 9.17) is 0 Å². The third kappa shape index (κ3) is 5.61. The van der Waals surface area contributed by atoms with Crippen molar-refractivity contribution in [1.29, 1.82) is 0 Å². The normalized spacial score (nSPS) is 16.2. The summed E-state index contributed by atoms with van der Waals surface area (Å²) in [5.74, 6) is 0.783. The van der Waals surface area contributed by atoms with Crippen LogP contribution in [0.25, 0.3) is 0 Å². The van der Waals surface area contributed by atoms with Crippen molar-refractivity contribution in [2.24, 2.45) is 5.92 Å². The zero-order valence-corrected chi connectivity index (χ0v) is 16.0. The highest BCUT2D eigenvalue weighted by molar-refractivity contribution is 5.26. The number of alkyl halides is 3. The van der Waals surface area contributed by atoms with Crippen molar-refractivity contribution in [3.8, 4) is 0 Å². The Kier molecular flexibility index (Phi) is 6.64. The number of halogens is 3. The van der Waals surface area contributed by atoms with Gasteiger partial charge in [-0.05, 0) is 55.1 Å². The SMILES string of the molecule is CCN(Cc1cccn1Cc1cccc(C(F)(F)F)c1)CC1CCCCC1. The molecule has 1 fully saturated rings. The molecule has 5 heteroatoms. The van der Waals surface area contributed by atoms with Gasteiger partial charge in [-0.2, -0.15) is 13.2 Å². The van der Waals surface area contributed by atoms with E-state index in [1.165, 1.54) is 44.2 Å². The topological polar surface area (TPSA) is 8.17 Å². The number of nitrogens with zero attached hydrogens (tertiary/aromatic N) is 2. The van der Waals surface area contributed by atoms with E-state index in [9.17, 15) is 13.2 Å². The Morgan fingerprint density at radius 1 is 1.07 bits per heavy atom. The molecule has 0 radical (unpaired) electrons. The molecule has 0 atom stereocenters. The number of hydrogen-bond acceptors (Lipinski definition) is 1. The van der Waals surface area contributed by atoms with Crippen LogP contribution >= 0.6 is 0 Å². The van der Waals surface area contributed by atoms with Crippen molar-refractivity contribution in [2.75, 3.05) is 13.1 Å². The largest absolute Gasteiger partial charge is 0.416 e. The molecular formula is C22H29F3N2. The maximum Gasteiger partial charge on any atom is 0.416 e. The summed E-state index contributed by atoms with van der Waals surface area (Å²) in [5.41, 5.74) is 1.25. The molecule has 148 valence electrons.